The number of nitrogens with zero attached hydrogens (tertiary/aromatic N) is 1. The number of aryl methyl sites for hydroxylation is 3. The second-order valence-electron chi connectivity index (χ2n) is 8.92. The number of hydrogen-bond donors (Lipinski definition) is 0. The van der Waals surface area contributed by atoms with E-state index in [-0.39, 0.29) is 12.4 Å². The van der Waals surface area contributed by atoms with Crippen LogP contribution in [-0.2, 0) is 27.9 Å². The predicted octanol–water partition coefficient (Wildman–Crippen LogP) is 7.38. The largest absolute Gasteiger partial charge is 0.486 e. The van der Waals surface area contributed by atoms with E-state index in [9.17, 15) is 18.0 Å². The van der Waals surface area contributed by atoms with Crippen molar-refractivity contribution in [1.29, 1.82) is 0 Å². The third kappa shape index (κ3) is 5.83. The van der Waals surface area contributed by atoms with Crippen molar-refractivity contribution in [2.24, 2.45) is 0 Å². The Labute approximate surface area is 210 Å². The van der Waals surface area contributed by atoms with Gasteiger partial charge in [0.25, 0.3) is 0 Å². The van der Waals surface area contributed by atoms with Gasteiger partial charge in [-0.05, 0) is 69.0 Å². The normalized spacial score (nSPS) is 17.6. The molecule has 0 bridgehead atoms. The summed E-state index contributed by atoms with van der Waals surface area (Å²) in [5, 5.41) is 0.715. The van der Waals surface area contributed by atoms with Crippen LogP contribution in [0.2, 0.25) is 0 Å². The van der Waals surface area contributed by atoms with E-state index in [0.29, 0.717) is 16.3 Å². The number of rotatable bonds is 6. The van der Waals surface area contributed by atoms with Crippen molar-refractivity contribution in [2.75, 3.05) is 7.11 Å². The zero-order chi connectivity index (χ0) is 25.4. The summed E-state index contributed by atoms with van der Waals surface area (Å²) in [5.74, 6) is 1.27. The molecular weight excluding hydrogens is 495 g/mol. The molecule has 0 saturated heterocycles. The average molecular weight is 522 g/mol. The lowest BCUT2D eigenvalue weighted by atomic mass is 9.89. The van der Waals surface area contributed by atoms with E-state index in [1.165, 1.54) is 30.6 Å². The fraction of sp³-hybridized carbons (Fsp3) is 0.385. The Morgan fingerprint density at radius 3 is 2.60 bits per heavy atom. The summed E-state index contributed by atoms with van der Waals surface area (Å²) in [4.78, 5) is 18.6. The molecule has 35 heavy (non-hydrogen) atoms. The molecule has 1 aliphatic heterocycles. The molecule has 0 fully saturated rings. The quantitative estimate of drug-likeness (QED) is 0.250. The molecule has 0 aliphatic carbocycles. The van der Waals surface area contributed by atoms with E-state index >= 15 is 0 Å². The number of aromatic nitrogens is 1. The van der Waals surface area contributed by atoms with Gasteiger partial charge in [0.05, 0.1) is 24.8 Å². The second-order valence-corrected chi connectivity index (χ2v) is 11.1. The molecule has 4 nitrogen and oxygen atoms in total. The fourth-order valence-electron chi connectivity index (χ4n) is 4.06. The molecule has 0 saturated carbocycles. The Morgan fingerprint density at radius 1 is 1.23 bits per heavy atom. The predicted molar refractivity (Wildman–Crippen MR) is 132 cm³/mol. The Bertz CT molecular complexity index is 1240. The van der Waals surface area contributed by atoms with Crippen molar-refractivity contribution in [1.82, 2.24) is 4.98 Å². The van der Waals surface area contributed by atoms with Gasteiger partial charge in [-0.25, -0.2) is 4.98 Å². The van der Waals surface area contributed by atoms with Gasteiger partial charge >= 0.3 is 12.1 Å². The van der Waals surface area contributed by atoms with Crippen LogP contribution < -0.4 is 4.74 Å². The maximum absolute atomic E-state index is 12.8. The lowest BCUT2D eigenvalue weighted by Gasteiger charge is -2.36. The minimum absolute atomic E-state index is 0.213. The number of alkyl halides is 3. The van der Waals surface area contributed by atoms with E-state index in [0.717, 1.165) is 57.3 Å². The molecule has 1 aromatic heterocycles. The highest BCUT2D eigenvalue weighted by Gasteiger charge is 2.35. The number of carbonyl (C=O) groups excluding carboxylic acids is 1. The van der Waals surface area contributed by atoms with E-state index in [1.54, 1.807) is 11.8 Å². The van der Waals surface area contributed by atoms with Crippen LogP contribution in [0, 0.1) is 13.8 Å². The van der Waals surface area contributed by atoms with Crippen molar-refractivity contribution >= 4 is 29.1 Å². The molecule has 0 radical (unpaired) electrons. The summed E-state index contributed by atoms with van der Waals surface area (Å²) in [6.07, 6.45) is -2.59. The van der Waals surface area contributed by atoms with Crippen molar-refractivity contribution in [3.8, 4) is 16.3 Å². The van der Waals surface area contributed by atoms with Gasteiger partial charge in [-0.15, -0.1) is 23.1 Å². The van der Waals surface area contributed by atoms with E-state index in [4.69, 9.17) is 9.47 Å². The highest BCUT2D eigenvalue weighted by atomic mass is 32.2. The van der Waals surface area contributed by atoms with Crippen molar-refractivity contribution in [3.63, 3.8) is 0 Å². The molecule has 3 aromatic rings. The number of methoxy groups -OCH3 is 1. The van der Waals surface area contributed by atoms with Crippen LogP contribution in [-0.4, -0.2) is 23.7 Å². The maximum Gasteiger partial charge on any atom is 0.416 e. The highest BCUT2D eigenvalue weighted by Crippen LogP contribution is 2.41. The van der Waals surface area contributed by atoms with Crippen LogP contribution in [0.25, 0.3) is 10.6 Å². The van der Waals surface area contributed by atoms with E-state index < -0.39 is 17.3 Å². The van der Waals surface area contributed by atoms with Crippen LogP contribution in [0.1, 0.15) is 47.0 Å². The number of esters is 1. The minimum atomic E-state index is -4.35. The Kier molecular flexibility index (Phi) is 7.20. The molecule has 2 aromatic carbocycles. The Hall–Kier alpha value is -2.52. The van der Waals surface area contributed by atoms with Crippen LogP contribution in [0.15, 0.2) is 41.3 Å². The smallest absolute Gasteiger partial charge is 0.416 e. The lowest BCUT2D eigenvalue weighted by Crippen LogP contribution is -2.39. The Balaban J connectivity index is 1.46. The van der Waals surface area contributed by atoms with Crippen LogP contribution >= 0.6 is 23.1 Å². The number of thiazole rings is 1. The van der Waals surface area contributed by atoms with Gasteiger partial charge in [0.1, 0.15) is 16.4 Å². The van der Waals surface area contributed by atoms with Gasteiger partial charge in [0.15, 0.2) is 0 Å². The van der Waals surface area contributed by atoms with E-state index in [2.05, 4.69) is 17.1 Å². The number of fused-ring (bicyclic) bond motifs is 1. The van der Waals surface area contributed by atoms with Crippen molar-refractivity contribution < 1.29 is 27.4 Å². The third-order valence-electron chi connectivity index (χ3n) is 6.06. The number of hydrogen-bond acceptors (Lipinski definition) is 6. The fourth-order valence-corrected chi connectivity index (χ4v) is 6.33. The van der Waals surface area contributed by atoms with Gasteiger partial charge < -0.3 is 9.47 Å². The zero-order valence-electron chi connectivity index (χ0n) is 19.9. The first kappa shape index (κ1) is 25.6. The molecule has 4 rings (SSSR count). The standard InChI is InChI=1S/C26H26F3NO3S2/c1-15-11-20(12-18-9-10-25(3,33-23(15)18)13-22(31)32-4)34-14-21-16(2)30-24(35-21)17-5-7-19(8-6-17)26(27,28)29/h5-8,11-12H,9-10,13-14H2,1-4H3. The van der Waals surface area contributed by atoms with Gasteiger partial charge in [-0.2, -0.15) is 13.2 Å². The van der Waals surface area contributed by atoms with Crippen LogP contribution in [0.5, 0.6) is 5.75 Å². The molecule has 0 N–H and O–H groups in total. The van der Waals surface area contributed by atoms with Gasteiger partial charge in [0, 0.05) is 21.1 Å². The summed E-state index contributed by atoms with van der Waals surface area (Å²) < 4.78 is 49.6. The number of halogens is 3. The minimum Gasteiger partial charge on any atom is -0.486 e. The summed E-state index contributed by atoms with van der Waals surface area (Å²) in [7, 11) is 1.38. The summed E-state index contributed by atoms with van der Waals surface area (Å²) in [5.41, 5.74) is 2.47. The summed E-state index contributed by atoms with van der Waals surface area (Å²) in [6.45, 7) is 5.87. The number of benzene rings is 2. The monoisotopic (exact) mass is 521 g/mol. The van der Waals surface area contributed by atoms with Gasteiger partial charge in [-0.3, -0.25) is 4.79 Å². The molecule has 9 heteroatoms. The van der Waals surface area contributed by atoms with Crippen molar-refractivity contribution in [3.05, 3.63) is 63.7 Å². The maximum atomic E-state index is 12.8. The van der Waals surface area contributed by atoms with Crippen molar-refractivity contribution in [2.45, 2.75) is 62.5 Å². The second kappa shape index (κ2) is 9.85. The first-order valence-corrected chi connectivity index (χ1v) is 12.9. The lowest BCUT2D eigenvalue weighted by molar-refractivity contribution is -0.145. The summed E-state index contributed by atoms with van der Waals surface area (Å²) >= 11 is 3.20. The topological polar surface area (TPSA) is 48.4 Å². The first-order valence-electron chi connectivity index (χ1n) is 11.1. The molecule has 186 valence electrons. The van der Waals surface area contributed by atoms with Gasteiger partial charge in [-0.1, -0.05) is 12.1 Å². The Morgan fingerprint density at radius 2 is 1.94 bits per heavy atom. The summed E-state index contributed by atoms with van der Waals surface area (Å²) in [6, 6.07) is 9.35. The van der Waals surface area contributed by atoms with E-state index in [1.807, 2.05) is 20.8 Å². The zero-order valence-corrected chi connectivity index (χ0v) is 21.5. The molecule has 0 amide bonds. The SMILES string of the molecule is COC(=O)CC1(C)CCc2cc(SCc3sc(-c4ccc(C(F)(F)F)cc4)nc3C)cc(C)c2O1. The molecule has 1 atom stereocenters. The average Bonchev–Trinajstić information content (AvgIpc) is 3.18. The van der Waals surface area contributed by atoms with Crippen LogP contribution in [0.4, 0.5) is 13.2 Å². The number of ether oxygens (including phenoxy) is 2. The molecule has 1 unspecified atom stereocenters. The molecule has 0 spiro atoms. The van der Waals surface area contributed by atoms with Gasteiger partial charge in [0.2, 0.25) is 0 Å². The third-order valence-corrected chi connectivity index (χ3v) is 8.46. The first-order chi connectivity index (χ1) is 16.5. The molecule has 1 aliphatic rings. The number of carbonyl (C=O) groups is 1. The highest BCUT2D eigenvalue weighted by molar-refractivity contribution is 7.98. The molecule has 2 heterocycles. The molecular formula is C26H26F3NO3S2. The van der Waals surface area contributed by atoms with Crippen LogP contribution in [0.3, 0.4) is 0 Å². The number of thioether (sulfide) groups is 1.